The highest BCUT2D eigenvalue weighted by atomic mass is 16.5. The van der Waals surface area contributed by atoms with Gasteiger partial charge in [-0.1, -0.05) is 18.2 Å². The number of fused-ring (bicyclic) bond motifs is 2. The molecule has 5 aliphatic rings. The van der Waals surface area contributed by atoms with Crippen LogP contribution >= 0.6 is 0 Å². The largest absolute Gasteiger partial charge is 0.493 e. The molecule has 6 heterocycles. The van der Waals surface area contributed by atoms with E-state index in [1.54, 1.807) is 32.4 Å². The number of amides is 1. The molecule has 2 atom stereocenters. The fourth-order valence-electron chi connectivity index (χ4n) is 9.15. The number of benzene rings is 4. The van der Waals surface area contributed by atoms with Crippen LogP contribution in [0.2, 0.25) is 0 Å². The van der Waals surface area contributed by atoms with Crippen molar-refractivity contribution >= 4 is 11.7 Å². The van der Waals surface area contributed by atoms with Gasteiger partial charge in [0.15, 0.2) is 34.5 Å². The molecular weight excluding hydrogens is 801 g/mol. The Morgan fingerprint density at radius 2 is 1.46 bits per heavy atom. The number of likely N-dealkylation sites (N-methyl/N-ethyl adjacent to an activating group) is 2. The number of hydrogen-bond acceptors (Lipinski definition) is 13. The van der Waals surface area contributed by atoms with Crippen molar-refractivity contribution in [1.82, 2.24) is 24.7 Å². The molecule has 330 valence electrons. The van der Waals surface area contributed by atoms with Gasteiger partial charge in [-0.3, -0.25) is 14.6 Å². The van der Waals surface area contributed by atoms with Gasteiger partial charge in [-0.05, 0) is 116 Å². The van der Waals surface area contributed by atoms with Crippen molar-refractivity contribution in [3.8, 4) is 46.0 Å². The lowest BCUT2D eigenvalue weighted by Crippen LogP contribution is -2.41. The maximum absolute atomic E-state index is 12.8. The predicted molar refractivity (Wildman–Crippen MR) is 238 cm³/mol. The molecule has 14 heteroatoms. The van der Waals surface area contributed by atoms with Gasteiger partial charge in [0, 0.05) is 50.4 Å². The van der Waals surface area contributed by atoms with Crippen molar-refractivity contribution < 1.29 is 38.0 Å². The second-order valence-electron chi connectivity index (χ2n) is 16.6. The molecular formula is C49H56N6O8. The third-order valence-corrected chi connectivity index (χ3v) is 12.7. The minimum atomic E-state index is -0.132. The second kappa shape index (κ2) is 18.7. The van der Waals surface area contributed by atoms with E-state index in [1.807, 2.05) is 18.2 Å². The fraction of sp³-hybridized carbons (Fsp3) is 0.408. The van der Waals surface area contributed by atoms with Crippen molar-refractivity contribution in [3.63, 3.8) is 0 Å². The van der Waals surface area contributed by atoms with E-state index < -0.39 is 0 Å². The summed E-state index contributed by atoms with van der Waals surface area (Å²) in [4.78, 5) is 28.1. The topological polar surface area (TPSA) is 129 Å². The number of hydrogen-bond donors (Lipinski definition) is 1. The molecule has 5 aromatic rings. The Labute approximate surface area is 369 Å². The molecule has 1 amide bonds. The first-order valence-electron chi connectivity index (χ1n) is 21.8. The van der Waals surface area contributed by atoms with Crippen LogP contribution < -0.4 is 33.7 Å². The zero-order valence-electron chi connectivity index (χ0n) is 36.8. The van der Waals surface area contributed by atoms with Crippen LogP contribution in [0.5, 0.6) is 46.0 Å². The van der Waals surface area contributed by atoms with E-state index in [-0.39, 0.29) is 18.0 Å². The number of methoxy groups -OCH3 is 3. The van der Waals surface area contributed by atoms with Gasteiger partial charge >= 0.3 is 0 Å². The van der Waals surface area contributed by atoms with Gasteiger partial charge < -0.3 is 43.4 Å². The Morgan fingerprint density at radius 1 is 0.746 bits per heavy atom. The Morgan fingerprint density at radius 3 is 2.21 bits per heavy atom. The summed E-state index contributed by atoms with van der Waals surface area (Å²) in [5.41, 5.74) is 7.29. The average molecular weight is 857 g/mol. The number of carbonyl (C=O) groups is 1. The van der Waals surface area contributed by atoms with Crippen LogP contribution in [0, 0.1) is 0 Å². The SMILES string of the molecule is COc1cc2c3cc1Oc1c(OC)c(OC)cc4c1[C@@H](Cc1ccc(OCCCNc5cnc(C(=O)N6CCOCC6)cn5)c(c1)Oc1ccc(cc1)C[C@@H]3N(C)CC2)N(C)CC4. The number of nitrogens with zero attached hydrogens (tertiary/aromatic N) is 5. The van der Waals surface area contributed by atoms with Crippen LogP contribution in [0.4, 0.5) is 5.82 Å². The van der Waals surface area contributed by atoms with Crippen LogP contribution in [-0.2, 0) is 30.4 Å². The Balaban J connectivity index is 1.01. The van der Waals surface area contributed by atoms with Crippen molar-refractivity contribution in [3.05, 3.63) is 112 Å². The maximum atomic E-state index is 12.8. The van der Waals surface area contributed by atoms with E-state index in [0.717, 1.165) is 54.8 Å². The summed E-state index contributed by atoms with van der Waals surface area (Å²) >= 11 is 0. The van der Waals surface area contributed by atoms with Gasteiger partial charge in [0.25, 0.3) is 5.91 Å². The summed E-state index contributed by atoms with van der Waals surface area (Å²) in [5.74, 6) is 5.61. The standard InChI is InChI=1S/C49H56N6O8/c1-53-16-13-33-26-41(57-3)43-28-36(33)38(53)23-31-7-10-35(11-8-31)62-42-25-32(24-39-46-34(14-17-54(39)2)27-44(58-4)47(59-5)48(46)63-43)9-12-40(42)61-20-6-15-50-45-30-51-37(29-52-45)49(56)55-18-21-60-22-19-55/h7-12,25-30,38-39H,6,13-24H2,1-5H3,(H,50,52)/t38-,39+/m0/s1. The molecule has 4 aromatic carbocycles. The zero-order valence-corrected chi connectivity index (χ0v) is 36.8. The van der Waals surface area contributed by atoms with E-state index in [1.165, 1.54) is 22.9 Å². The van der Waals surface area contributed by atoms with E-state index >= 15 is 0 Å². The number of ether oxygens (including phenoxy) is 7. The summed E-state index contributed by atoms with van der Waals surface area (Å²) in [6, 6.07) is 21.1. The smallest absolute Gasteiger partial charge is 0.274 e. The summed E-state index contributed by atoms with van der Waals surface area (Å²) in [6.07, 6.45) is 7.02. The van der Waals surface area contributed by atoms with Gasteiger partial charge in [0.1, 0.15) is 17.3 Å². The maximum Gasteiger partial charge on any atom is 0.274 e. The normalized spacial score (nSPS) is 18.5. The molecule has 63 heavy (non-hydrogen) atoms. The first-order valence-corrected chi connectivity index (χ1v) is 21.8. The molecule has 1 N–H and O–H groups in total. The van der Waals surface area contributed by atoms with Crippen molar-refractivity contribution in [2.75, 3.05) is 93.3 Å². The lowest BCUT2D eigenvalue weighted by atomic mass is 9.87. The third-order valence-electron chi connectivity index (χ3n) is 12.7. The Kier molecular flexibility index (Phi) is 12.5. The zero-order chi connectivity index (χ0) is 43.5. The van der Waals surface area contributed by atoms with Gasteiger partial charge in [0.05, 0.1) is 53.5 Å². The number of nitrogens with one attached hydrogen (secondary N) is 1. The minimum Gasteiger partial charge on any atom is -0.493 e. The number of carbonyl (C=O) groups excluding carboxylic acids is 1. The summed E-state index contributed by atoms with van der Waals surface area (Å²) < 4.78 is 43.7. The lowest BCUT2D eigenvalue weighted by Gasteiger charge is -2.37. The van der Waals surface area contributed by atoms with Gasteiger partial charge in [0.2, 0.25) is 5.75 Å². The first-order chi connectivity index (χ1) is 30.8. The van der Waals surface area contributed by atoms with E-state index in [2.05, 4.69) is 81.6 Å². The molecule has 0 unspecified atom stereocenters. The Bertz CT molecular complexity index is 2420. The quantitative estimate of drug-likeness (QED) is 0.141. The molecule has 10 rings (SSSR count). The second-order valence-corrected chi connectivity index (χ2v) is 16.6. The van der Waals surface area contributed by atoms with Crippen LogP contribution in [0.1, 0.15) is 62.4 Å². The number of anilines is 1. The highest BCUT2D eigenvalue weighted by Gasteiger charge is 2.35. The summed E-state index contributed by atoms with van der Waals surface area (Å²) in [5, 5.41) is 3.30. The molecule has 1 aromatic heterocycles. The summed E-state index contributed by atoms with van der Waals surface area (Å²) in [6.45, 7) is 5.01. The van der Waals surface area contributed by atoms with Crippen molar-refractivity contribution in [2.45, 2.75) is 44.2 Å². The highest BCUT2D eigenvalue weighted by Crippen LogP contribution is 2.52. The van der Waals surface area contributed by atoms with Gasteiger partial charge in [-0.15, -0.1) is 0 Å². The average Bonchev–Trinajstić information content (AvgIpc) is 3.31. The van der Waals surface area contributed by atoms with Crippen LogP contribution in [0.25, 0.3) is 0 Å². The monoisotopic (exact) mass is 856 g/mol. The molecule has 5 aliphatic heterocycles. The number of morpholine rings is 1. The Hall–Kier alpha value is -6.09. The predicted octanol–water partition coefficient (Wildman–Crippen LogP) is 7.30. The lowest BCUT2D eigenvalue weighted by molar-refractivity contribution is 0.0298. The molecule has 0 saturated carbocycles. The molecule has 6 bridgehead atoms. The fourth-order valence-corrected chi connectivity index (χ4v) is 9.15. The van der Waals surface area contributed by atoms with Crippen LogP contribution in [0.15, 0.2) is 73.1 Å². The number of aromatic nitrogens is 2. The van der Waals surface area contributed by atoms with Gasteiger partial charge in [-0.25, -0.2) is 9.97 Å². The van der Waals surface area contributed by atoms with E-state index in [4.69, 9.17) is 33.2 Å². The minimum absolute atomic E-state index is 0.0652. The van der Waals surface area contributed by atoms with Crippen molar-refractivity contribution in [2.24, 2.45) is 0 Å². The molecule has 1 saturated heterocycles. The third kappa shape index (κ3) is 8.93. The van der Waals surface area contributed by atoms with E-state index in [0.29, 0.717) is 104 Å². The van der Waals surface area contributed by atoms with E-state index in [9.17, 15) is 4.79 Å². The van der Waals surface area contributed by atoms with Crippen LogP contribution in [-0.4, -0.2) is 119 Å². The highest BCUT2D eigenvalue weighted by molar-refractivity contribution is 5.92. The molecule has 1 fully saturated rings. The molecule has 14 nitrogen and oxygen atoms in total. The summed E-state index contributed by atoms with van der Waals surface area (Å²) in [7, 11) is 9.39. The van der Waals surface area contributed by atoms with Crippen molar-refractivity contribution in [1.29, 1.82) is 0 Å². The van der Waals surface area contributed by atoms with Crippen LogP contribution in [0.3, 0.4) is 0 Å². The first kappa shape index (κ1) is 42.2. The van der Waals surface area contributed by atoms with Gasteiger partial charge in [-0.2, -0.15) is 0 Å². The molecule has 0 radical (unpaired) electrons. The number of rotatable bonds is 10. The molecule has 0 aliphatic carbocycles. The molecule has 0 spiro atoms.